The molecule has 2 heteroatoms. The van der Waals surface area contributed by atoms with Gasteiger partial charge in [-0.05, 0) is 31.1 Å². The van der Waals surface area contributed by atoms with Crippen molar-refractivity contribution in [3.63, 3.8) is 0 Å². The van der Waals surface area contributed by atoms with Crippen LogP contribution in [0.25, 0.3) is 0 Å². The Hall–Kier alpha value is -0.550. The zero-order valence-corrected chi connectivity index (χ0v) is 8.62. The number of nitrogens with zero attached hydrogens (tertiary/aromatic N) is 1. The van der Waals surface area contributed by atoms with Gasteiger partial charge in [-0.25, -0.2) is 0 Å². The molecule has 0 spiro atoms. The molecule has 1 rings (SSSR count). The molecule has 1 saturated carbocycles. The molecule has 0 saturated heterocycles. The van der Waals surface area contributed by atoms with Crippen molar-refractivity contribution in [2.75, 3.05) is 6.61 Å². The predicted octanol–water partition coefficient (Wildman–Crippen LogP) is 2.74. The fourth-order valence-corrected chi connectivity index (χ4v) is 1.92. The molecule has 1 fully saturated rings. The van der Waals surface area contributed by atoms with E-state index in [0.717, 1.165) is 11.8 Å². The van der Waals surface area contributed by atoms with Gasteiger partial charge in [-0.1, -0.05) is 13.8 Å². The molecule has 13 heavy (non-hydrogen) atoms. The molecule has 1 aliphatic carbocycles. The summed E-state index contributed by atoms with van der Waals surface area (Å²) in [6.07, 6.45) is 4.57. The average Bonchev–Trinajstić information content (AvgIpc) is 2.12. The highest BCUT2D eigenvalue weighted by Crippen LogP contribution is 2.30. The molecule has 0 aliphatic heterocycles. The van der Waals surface area contributed by atoms with E-state index >= 15 is 0 Å². The van der Waals surface area contributed by atoms with Crippen LogP contribution in [0.15, 0.2) is 0 Å². The highest BCUT2D eigenvalue weighted by atomic mass is 16.5. The molecular weight excluding hydrogens is 162 g/mol. The summed E-state index contributed by atoms with van der Waals surface area (Å²) in [5, 5.41) is 8.36. The Labute approximate surface area is 80.9 Å². The lowest BCUT2D eigenvalue weighted by molar-refractivity contribution is 0.00539. The summed E-state index contributed by atoms with van der Waals surface area (Å²) in [4.78, 5) is 0. The number of rotatable bonds is 3. The quantitative estimate of drug-likeness (QED) is 0.627. The molecule has 74 valence electrons. The lowest BCUT2D eigenvalue weighted by Crippen LogP contribution is -2.26. The van der Waals surface area contributed by atoms with E-state index in [1.54, 1.807) is 0 Å². The van der Waals surface area contributed by atoms with E-state index in [4.69, 9.17) is 10.00 Å². The molecule has 0 aromatic rings. The first kappa shape index (κ1) is 10.5. The molecule has 3 atom stereocenters. The maximum absolute atomic E-state index is 8.36. The van der Waals surface area contributed by atoms with Gasteiger partial charge in [-0.2, -0.15) is 5.26 Å². The van der Waals surface area contributed by atoms with Crippen LogP contribution in [0, 0.1) is 23.2 Å². The van der Waals surface area contributed by atoms with Gasteiger partial charge in [0.15, 0.2) is 0 Å². The summed E-state index contributed by atoms with van der Waals surface area (Å²) in [7, 11) is 0. The molecule has 0 amide bonds. The maximum atomic E-state index is 8.36. The number of nitriles is 1. The van der Waals surface area contributed by atoms with Gasteiger partial charge in [0.25, 0.3) is 0 Å². The molecule has 2 nitrogen and oxygen atoms in total. The summed E-state index contributed by atoms with van der Waals surface area (Å²) < 4.78 is 5.62. The topological polar surface area (TPSA) is 33.0 Å². The Morgan fingerprint density at radius 2 is 2.08 bits per heavy atom. The first-order chi connectivity index (χ1) is 6.24. The van der Waals surface area contributed by atoms with Gasteiger partial charge in [-0.3, -0.25) is 0 Å². The van der Waals surface area contributed by atoms with Gasteiger partial charge in [-0.15, -0.1) is 0 Å². The van der Waals surface area contributed by atoms with E-state index in [2.05, 4.69) is 19.9 Å². The van der Waals surface area contributed by atoms with Gasteiger partial charge >= 0.3 is 0 Å². The fraction of sp³-hybridized carbons (Fsp3) is 0.909. The van der Waals surface area contributed by atoms with Crippen LogP contribution in [0.1, 0.15) is 39.5 Å². The van der Waals surface area contributed by atoms with E-state index in [-0.39, 0.29) is 0 Å². The lowest BCUT2D eigenvalue weighted by atomic mass is 9.80. The summed E-state index contributed by atoms with van der Waals surface area (Å²) in [5.74, 6) is 1.62. The molecule has 0 aromatic carbocycles. The Bertz CT molecular complexity index is 185. The summed E-state index contributed by atoms with van der Waals surface area (Å²) in [6, 6.07) is 2.10. The molecule has 0 heterocycles. The number of hydrogen-bond acceptors (Lipinski definition) is 2. The van der Waals surface area contributed by atoms with E-state index in [9.17, 15) is 0 Å². The normalized spacial score (nSPS) is 34.1. The zero-order chi connectivity index (χ0) is 9.68. The molecule has 0 radical (unpaired) electrons. The minimum Gasteiger partial charge on any atom is -0.377 e. The van der Waals surface area contributed by atoms with Crippen LogP contribution in [0.3, 0.4) is 0 Å². The molecule has 0 N–H and O–H groups in total. The fourth-order valence-electron chi connectivity index (χ4n) is 1.92. The lowest BCUT2D eigenvalue weighted by Gasteiger charge is -2.31. The van der Waals surface area contributed by atoms with E-state index in [1.165, 1.54) is 19.3 Å². The molecule has 3 unspecified atom stereocenters. The highest BCUT2D eigenvalue weighted by molar-refractivity contribution is 4.76. The van der Waals surface area contributed by atoms with Crippen molar-refractivity contribution >= 4 is 0 Å². The zero-order valence-electron chi connectivity index (χ0n) is 8.62. The highest BCUT2D eigenvalue weighted by Gasteiger charge is 2.24. The Kier molecular flexibility index (Phi) is 4.24. The van der Waals surface area contributed by atoms with E-state index in [1.807, 2.05) is 0 Å². The summed E-state index contributed by atoms with van der Waals surface area (Å²) in [6.45, 7) is 5.23. The third-order valence-corrected chi connectivity index (χ3v) is 3.12. The monoisotopic (exact) mass is 181 g/mol. The van der Waals surface area contributed by atoms with Crippen LogP contribution in [0.5, 0.6) is 0 Å². The Balaban J connectivity index is 2.18. The van der Waals surface area contributed by atoms with Crippen molar-refractivity contribution in [1.82, 2.24) is 0 Å². The van der Waals surface area contributed by atoms with Crippen molar-refractivity contribution < 1.29 is 4.74 Å². The van der Waals surface area contributed by atoms with Crippen LogP contribution in [-0.4, -0.2) is 12.7 Å². The minimum absolute atomic E-state index is 0.416. The van der Waals surface area contributed by atoms with Crippen LogP contribution in [0.2, 0.25) is 0 Å². The van der Waals surface area contributed by atoms with E-state index in [0.29, 0.717) is 19.1 Å². The average molecular weight is 181 g/mol. The molecular formula is C11H19NO. The predicted molar refractivity (Wildman–Crippen MR) is 52.1 cm³/mol. The van der Waals surface area contributed by atoms with Crippen molar-refractivity contribution in [2.45, 2.75) is 45.6 Å². The second-order valence-corrected chi connectivity index (χ2v) is 4.17. The molecule has 1 aliphatic rings. The number of hydrogen-bond donors (Lipinski definition) is 0. The first-order valence-electron chi connectivity index (χ1n) is 5.22. The second kappa shape index (κ2) is 5.24. The van der Waals surface area contributed by atoms with Crippen molar-refractivity contribution in [3.05, 3.63) is 0 Å². The van der Waals surface area contributed by atoms with Gasteiger partial charge < -0.3 is 4.74 Å². The summed E-state index contributed by atoms with van der Waals surface area (Å²) >= 11 is 0. The second-order valence-electron chi connectivity index (χ2n) is 4.17. The van der Waals surface area contributed by atoms with Crippen molar-refractivity contribution in [3.8, 4) is 6.07 Å². The third kappa shape index (κ3) is 3.36. The standard InChI is InChI=1S/C11H19NO/c1-9-4-5-11(8-10(9)2)13-7-3-6-12/h9-11H,3-5,7-8H2,1-2H3. The van der Waals surface area contributed by atoms with Crippen LogP contribution in [0.4, 0.5) is 0 Å². The minimum atomic E-state index is 0.416. The van der Waals surface area contributed by atoms with Gasteiger partial charge in [0.05, 0.1) is 25.2 Å². The van der Waals surface area contributed by atoms with Gasteiger partial charge in [0, 0.05) is 0 Å². The van der Waals surface area contributed by atoms with Crippen LogP contribution >= 0.6 is 0 Å². The third-order valence-electron chi connectivity index (χ3n) is 3.12. The van der Waals surface area contributed by atoms with E-state index < -0.39 is 0 Å². The van der Waals surface area contributed by atoms with Crippen molar-refractivity contribution in [2.24, 2.45) is 11.8 Å². The molecule has 0 bridgehead atoms. The van der Waals surface area contributed by atoms with Gasteiger partial charge in [0.1, 0.15) is 0 Å². The van der Waals surface area contributed by atoms with Crippen LogP contribution < -0.4 is 0 Å². The van der Waals surface area contributed by atoms with Crippen LogP contribution in [-0.2, 0) is 4.74 Å². The number of ether oxygens (including phenoxy) is 1. The van der Waals surface area contributed by atoms with Gasteiger partial charge in [0.2, 0.25) is 0 Å². The Morgan fingerprint density at radius 3 is 2.69 bits per heavy atom. The smallest absolute Gasteiger partial charge is 0.0645 e. The first-order valence-corrected chi connectivity index (χ1v) is 5.22. The van der Waals surface area contributed by atoms with Crippen molar-refractivity contribution in [1.29, 1.82) is 5.26 Å². The SMILES string of the molecule is CC1CCC(OCCC#N)CC1C. The maximum Gasteiger partial charge on any atom is 0.0645 e. The Morgan fingerprint density at radius 1 is 1.31 bits per heavy atom. The molecule has 0 aromatic heterocycles. The largest absolute Gasteiger partial charge is 0.377 e. The summed E-state index contributed by atoms with van der Waals surface area (Å²) in [5.41, 5.74) is 0.